The largest absolute Gasteiger partial charge is 0.396 e. The molecular formula is C20H38O2. The van der Waals surface area contributed by atoms with E-state index in [1.165, 1.54) is 103 Å². The molecule has 22 heavy (non-hydrogen) atoms. The summed E-state index contributed by atoms with van der Waals surface area (Å²) in [4.78, 5) is 0. The zero-order chi connectivity index (χ0) is 15.7. The van der Waals surface area contributed by atoms with E-state index >= 15 is 0 Å². The minimum atomic E-state index is 0.370. The monoisotopic (exact) mass is 310 g/mol. The van der Waals surface area contributed by atoms with Gasteiger partial charge in [0.25, 0.3) is 0 Å². The molecule has 0 bridgehead atoms. The Kier molecular flexibility index (Phi) is 7.70. The maximum Gasteiger partial charge on any atom is 0.0487 e. The van der Waals surface area contributed by atoms with Crippen molar-refractivity contribution >= 4 is 0 Å². The lowest BCUT2D eigenvalue weighted by molar-refractivity contribution is 0.199. The van der Waals surface area contributed by atoms with E-state index in [0.717, 1.165) is 0 Å². The number of hydrogen-bond donors (Lipinski definition) is 2. The van der Waals surface area contributed by atoms with Gasteiger partial charge in [-0.15, -0.1) is 0 Å². The number of aliphatic hydroxyl groups is 2. The van der Waals surface area contributed by atoms with E-state index < -0.39 is 0 Å². The van der Waals surface area contributed by atoms with E-state index in [1.54, 1.807) is 0 Å². The third kappa shape index (κ3) is 6.58. The topological polar surface area (TPSA) is 40.5 Å². The molecule has 2 fully saturated rings. The van der Waals surface area contributed by atoms with E-state index in [9.17, 15) is 10.2 Å². The van der Waals surface area contributed by atoms with Crippen molar-refractivity contribution in [1.82, 2.24) is 0 Å². The molecule has 2 nitrogen and oxygen atoms in total. The van der Waals surface area contributed by atoms with Crippen LogP contribution in [-0.2, 0) is 0 Å². The van der Waals surface area contributed by atoms with Gasteiger partial charge >= 0.3 is 0 Å². The fourth-order valence-electron chi connectivity index (χ4n) is 3.74. The Morgan fingerprint density at radius 2 is 0.727 bits per heavy atom. The van der Waals surface area contributed by atoms with E-state index in [1.807, 2.05) is 0 Å². The lowest BCUT2D eigenvalue weighted by Crippen LogP contribution is -2.05. The van der Waals surface area contributed by atoms with Crippen LogP contribution in [0.25, 0.3) is 0 Å². The normalized spacial score (nSPS) is 21.0. The smallest absolute Gasteiger partial charge is 0.0487 e. The van der Waals surface area contributed by atoms with Gasteiger partial charge in [0.2, 0.25) is 0 Å². The molecule has 2 rings (SSSR count). The first-order valence-electron chi connectivity index (χ1n) is 9.96. The van der Waals surface area contributed by atoms with Gasteiger partial charge in [-0.1, -0.05) is 64.2 Å². The number of rotatable bonds is 15. The van der Waals surface area contributed by atoms with Crippen LogP contribution in [0.3, 0.4) is 0 Å². The van der Waals surface area contributed by atoms with Gasteiger partial charge in [-0.25, -0.2) is 0 Å². The molecule has 2 saturated carbocycles. The Bertz CT molecular complexity index is 262. The van der Waals surface area contributed by atoms with Crippen LogP contribution in [0.2, 0.25) is 0 Å². The molecule has 130 valence electrons. The first kappa shape index (κ1) is 18.3. The Labute approximate surface area is 137 Å². The van der Waals surface area contributed by atoms with Crippen molar-refractivity contribution < 1.29 is 10.2 Å². The average molecular weight is 311 g/mol. The second kappa shape index (κ2) is 9.27. The van der Waals surface area contributed by atoms with Crippen LogP contribution in [0.15, 0.2) is 0 Å². The Morgan fingerprint density at radius 3 is 0.955 bits per heavy atom. The number of aliphatic hydroxyl groups excluding tert-OH is 2. The highest BCUT2D eigenvalue weighted by Crippen LogP contribution is 2.50. The van der Waals surface area contributed by atoms with Crippen molar-refractivity contribution in [2.75, 3.05) is 13.2 Å². The summed E-state index contributed by atoms with van der Waals surface area (Å²) < 4.78 is 0. The van der Waals surface area contributed by atoms with Gasteiger partial charge in [0.05, 0.1) is 0 Å². The van der Waals surface area contributed by atoms with Crippen LogP contribution < -0.4 is 0 Å². The highest BCUT2D eigenvalue weighted by atomic mass is 16.3. The summed E-state index contributed by atoms with van der Waals surface area (Å²) in [5.74, 6) is 0. The predicted octanol–water partition coefficient (Wildman–Crippen LogP) is 5.21. The Morgan fingerprint density at radius 1 is 0.455 bits per heavy atom. The molecular weight excluding hydrogens is 272 g/mol. The van der Waals surface area contributed by atoms with Crippen molar-refractivity contribution in [3.05, 3.63) is 0 Å². The SMILES string of the molecule is OCC1(CCCCCCCCCCCCC2(CO)CC2)CC1. The molecule has 0 saturated heterocycles. The first-order valence-corrected chi connectivity index (χ1v) is 9.96. The van der Waals surface area contributed by atoms with E-state index in [-0.39, 0.29) is 0 Å². The van der Waals surface area contributed by atoms with E-state index in [0.29, 0.717) is 24.0 Å². The van der Waals surface area contributed by atoms with Gasteiger partial charge in [0.1, 0.15) is 0 Å². The average Bonchev–Trinajstić information content (AvgIpc) is 3.45. The van der Waals surface area contributed by atoms with Crippen molar-refractivity contribution in [2.24, 2.45) is 10.8 Å². The molecule has 2 aliphatic carbocycles. The van der Waals surface area contributed by atoms with Gasteiger partial charge in [-0.3, -0.25) is 0 Å². The third-order valence-electron chi connectivity index (χ3n) is 6.25. The molecule has 2 N–H and O–H groups in total. The molecule has 0 atom stereocenters. The Balaban J connectivity index is 1.26. The number of unbranched alkanes of at least 4 members (excludes halogenated alkanes) is 9. The molecule has 2 heteroatoms. The van der Waals surface area contributed by atoms with Gasteiger partial charge in [0, 0.05) is 13.2 Å². The summed E-state index contributed by atoms with van der Waals surface area (Å²) in [7, 11) is 0. The molecule has 0 heterocycles. The van der Waals surface area contributed by atoms with Crippen LogP contribution >= 0.6 is 0 Å². The maximum atomic E-state index is 9.27. The standard InChI is InChI=1S/C20H38O2/c21-17-19(13-14-19)11-9-7-5-3-1-2-4-6-8-10-12-20(18-22)15-16-20/h21-22H,1-18H2. The first-order chi connectivity index (χ1) is 10.7. The minimum absolute atomic E-state index is 0.370. The zero-order valence-corrected chi connectivity index (χ0v) is 14.6. The molecule has 0 aliphatic heterocycles. The third-order valence-corrected chi connectivity index (χ3v) is 6.25. The second-order valence-corrected chi connectivity index (χ2v) is 8.35. The molecule has 0 spiro atoms. The van der Waals surface area contributed by atoms with Crippen LogP contribution in [0.4, 0.5) is 0 Å². The minimum Gasteiger partial charge on any atom is -0.396 e. The van der Waals surface area contributed by atoms with Gasteiger partial charge in [-0.05, 0) is 49.4 Å². The van der Waals surface area contributed by atoms with Crippen LogP contribution in [-0.4, -0.2) is 23.4 Å². The summed E-state index contributed by atoms with van der Waals surface area (Å²) in [6.07, 6.45) is 21.4. The van der Waals surface area contributed by atoms with Crippen LogP contribution in [0.1, 0.15) is 103 Å². The Hall–Kier alpha value is -0.0800. The molecule has 0 radical (unpaired) electrons. The van der Waals surface area contributed by atoms with E-state index in [4.69, 9.17) is 0 Å². The molecule has 0 aromatic rings. The van der Waals surface area contributed by atoms with Crippen LogP contribution in [0, 0.1) is 10.8 Å². The highest BCUT2D eigenvalue weighted by Gasteiger charge is 2.41. The summed E-state index contributed by atoms with van der Waals surface area (Å²) in [5, 5.41) is 18.5. The quantitative estimate of drug-likeness (QED) is 0.407. The van der Waals surface area contributed by atoms with Gasteiger partial charge in [0.15, 0.2) is 0 Å². The van der Waals surface area contributed by atoms with Crippen molar-refractivity contribution in [2.45, 2.75) is 103 Å². The zero-order valence-electron chi connectivity index (χ0n) is 14.6. The lowest BCUT2D eigenvalue weighted by atomic mass is 9.97. The fraction of sp³-hybridized carbons (Fsp3) is 1.00. The van der Waals surface area contributed by atoms with Crippen molar-refractivity contribution in [3.8, 4) is 0 Å². The lowest BCUT2D eigenvalue weighted by Gasteiger charge is -2.11. The highest BCUT2D eigenvalue weighted by molar-refractivity contribution is 4.92. The summed E-state index contributed by atoms with van der Waals surface area (Å²) in [6.45, 7) is 0.846. The summed E-state index contributed by atoms with van der Waals surface area (Å²) in [6, 6.07) is 0. The van der Waals surface area contributed by atoms with Gasteiger partial charge < -0.3 is 10.2 Å². The number of hydrogen-bond acceptors (Lipinski definition) is 2. The molecule has 0 aromatic carbocycles. The summed E-state index contributed by atoms with van der Waals surface area (Å²) in [5.41, 5.74) is 0.740. The fourth-order valence-corrected chi connectivity index (χ4v) is 3.74. The second-order valence-electron chi connectivity index (χ2n) is 8.35. The maximum absolute atomic E-state index is 9.27. The molecule has 0 unspecified atom stereocenters. The van der Waals surface area contributed by atoms with Crippen molar-refractivity contribution in [1.29, 1.82) is 0 Å². The van der Waals surface area contributed by atoms with Crippen molar-refractivity contribution in [3.63, 3.8) is 0 Å². The predicted molar refractivity (Wildman–Crippen MR) is 92.9 cm³/mol. The van der Waals surface area contributed by atoms with E-state index in [2.05, 4.69) is 0 Å². The van der Waals surface area contributed by atoms with Gasteiger partial charge in [-0.2, -0.15) is 0 Å². The van der Waals surface area contributed by atoms with Crippen LogP contribution in [0.5, 0.6) is 0 Å². The molecule has 0 amide bonds. The molecule has 0 aromatic heterocycles. The summed E-state index contributed by atoms with van der Waals surface area (Å²) >= 11 is 0. The molecule has 2 aliphatic rings.